The molecular formula is C20H34N2O3Si. The summed E-state index contributed by atoms with van der Waals surface area (Å²) in [5.74, 6) is 0.107. The van der Waals surface area contributed by atoms with Crippen LogP contribution in [0, 0.1) is 5.92 Å². The number of carbonyl (C=O) groups excluding carboxylic acids is 1. The van der Waals surface area contributed by atoms with E-state index in [4.69, 9.17) is 14.9 Å². The van der Waals surface area contributed by atoms with E-state index < -0.39 is 9.76 Å². The molecule has 2 atom stereocenters. The number of carbonyl (C=O) groups is 1. The third-order valence-electron chi connectivity index (χ3n) is 4.90. The standard InChI is InChI=1S/C20H34N2O3Si/c1-19(2,3)26-25-20(4,5)16-13-22(12-11-17(16)21)18(23)24-14-15-9-7-6-8-10-15/h6-10,16-17H,11-14,21,26H2,1-5H3. The van der Waals surface area contributed by atoms with E-state index >= 15 is 0 Å². The summed E-state index contributed by atoms with van der Waals surface area (Å²) in [4.78, 5) is 14.3. The Hall–Kier alpha value is -1.37. The van der Waals surface area contributed by atoms with Gasteiger partial charge in [0.15, 0.2) is 9.76 Å². The molecule has 1 heterocycles. The zero-order chi connectivity index (χ0) is 19.4. The molecule has 0 bridgehead atoms. The average Bonchev–Trinajstić information content (AvgIpc) is 2.58. The number of rotatable bonds is 5. The summed E-state index contributed by atoms with van der Waals surface area (Å²) < 4.78 is 11.8. The Kier molecular flexibility index (Phi) is 6.88. The number of amides is 1. The third-order valence-corrected chi connectivity index (χ3v) is 6.65. The normalized spacial score (nSPS) is 22.0. The molecule has 5 nitrogen and oxygen atoms in total. The van der Waals surface area contributed by atoms with Gasteiger partial charge in [0, 0.05) is 25.0 Å². The fraction of sp³-hybridized carbons (Fsp3) is 0.650. The highest BCUT2D eigenvalue weighted by atomic mass is 28.2. The van der Waals surface area contributed by atoms with Gasteiger partial charge in [-0.2, -0.15) is 0 Å². The summed E-state index contributed by atoms with van der Waals surface area (Å²) in [6.45, 7) is 12.4. The second kappa shape index (κ2) is 8.54. The number of likely N-dealkylation sites (tertiary alicyclic amines) is 1. The molecule has 0 spiro atoms. The molecule has 26 heavy (non-hydrogen) atoms. The van der Waals surface area contributed by atoms with E-state index in [0.29, 0.717) is 19.7 Å². The lowest BCUT2D eigenvalue weighted by Gasteiger charge is -2.45. The van der Waals surface area contributed by atoms with Crippen molar-refractivity contribution in [3.63, 3.8) is 0 Å². The van der Waals surface area contributed by atoms with Gasteiger partial charge in [0.1, 0.15) is 6.61 Å². The molecule has 1 aliphatic heterocycles. The van der Waals surface area contributed by atoms with E-state index in [9.17, 15) is 4.79 Å². The first kappa shape index (κ1) is 20.9. The molecule has 1 saturated heterocycles. The Morgan fingerprint density at radius 3 is 2.50 bits per heavy atom. The zero-order valence-electron chi connectivity index (χ0n) is 16.8. The van der Waals surface area contributed by atoms with Crippen LogP contribution in [0.3, 0.4) is 0 Å². The Balaban J connectivity index is 1.94. The molecule has 1 amide bonds. The average molecular weight is 379 g/mol. The lowest BCUT2D eigenvalue weighted by atomic mass is 9.81. The summed E-state index contributed by atoms with van der Waals surface area (Å²) in [6.07, 6.45) is 0.504. The molecule has 1 aromatic rings. The number of hydrogen-bond donors (Lipinski definition) is 1. The van der Waals surface area contributed by atoms with Crippen molar-refractivity contribution < 1.29 is 14.0 Å². The summed E-state index contributed by atoms with van der Waals surface area (Å²) >= 11 is 0. The molecule has 0 aliphatic carbocycles. The van der Waals surface area contributed by atoms with Crippen LogP contribution in [0.5, 0.6) is 0 Å². The summed E-state index contributed by atoms with van der Waals surface area (Å²) in [5.41, 5.74) is 7.04. The van der Waals surface area contributed by atoms with Crippen molar-refractivity contribution in [2.75, 3.05) is 13.1 Å². The van der Waals surface area contributed by atoms with Crippen LogP contribution in [0.4, 0.5) is 4.79 Å². The fourth-order valence-corrected chi connectivity index (χ4v) is 4.21. The highest BCUT2D eigenvalue weighted by Crippen LogP contribution is 2.32. The van der Waals surface area contributed by atoms with Gasteiger partial charge in [0.25, 0.3) is 0 Å². The van der Waals surface area contributed by atoms with Crippen LogP contribution >= 0.6 is 0 Å². The van der Waals surface area contributed by atoms with Gasteiger partial charge in [-0.05, 0) is 30.9 Å². The first-order valence-corrected chi connectivity index (χ1v) is 10.7. The van der Waals surface area contributed by atoms with Crippen molar-refractivity contribution in [1.29, 1.82) is 0 Å². The molecule has 2 rings (SSSR count). The van der Waals surface area contributed by atoms with Crippen LogP contribution in [0.1, 0.15) is 46.6 Å². The van der Waals surface area contributed by atoms with Gasteiger partial charge in [0.05, 0.1) is 5.60 Å². The maximum absolute atomic E-state index is 12.5. The first-order valence-electron chi connectivity index (χ1n) is 9.44. The third kappa shape index (κ3) is 6.11. The second-order valence-electron chi connectivity index (χ2n) is 9.00. The van der Waals surface area contributed by atoms with E-state index in [1.54, 1.807) is 4.90 Å². The maximum atomic E-state index is 12.5. The molecule has 0 radical (unpaired) electrons. The minimum Gasteiger partial charge on any atom is -0.445 e. The predicted octanol–water partition coefficient (Wildman–Crippen LogP) is 3.07. The number of benzene rings is 1. The minimum absolute atomic E-state index is 0.0390. The van der Waals surface area contributed by atoms with Crippen LogP contribution in [0.25, 0.3) is 0 Å². The highest BCUT2D eigenvalue weighted by Gasteiger charge is 2.40. The van der Waals surface area contributed by atoms with Crippen molar-refractivity contribution in [2.24, 2.45) is 11.7 Å². The first-order chi connectivity index (χ1) is 12.1. The van der Waals surface area contributed by atoms with E-state index in [-0.39, 0.29) is 28.7 Å². The molecule has 1 aliphatic rings. The van der Waals surface area contributed by atoms with Crippen molar-refractivity contribution in [2.45, 2.75) is 64.3 Å². The number of ether oxygens (including phenoxy) is 1. The molecular weight excluding hydrogens is 344 g/mol. The molecule has 1 fully saturated rings. The lowest BCUT2D eigenvalue weighted by Crippen LogP contribution is -2.57. The highest BCUT2D eigenvalue weighted by molar-refractivity contribution is 6.31. The Morgan fingerprint density at radius 1 is 1.23 bits per heavy atom. The van der Waals surface area contributed by atoms with Gasteiger partial charge < -0.3 is 19.8 Å². The van der Waals surface area contributed by atoms with Gasteiger partial charge in [-0.25, -0.2) is 4.79 Å². The number of hydrogen-bond acceptors (Lipinski definition) is 4. The summed E-state index contributed by atoms with van der Waals surface area (Å²) in [5, 5.41) is 0.227. The van der Waals surface area contributed by atoms with Gasteiger partial charge in [0.2, 0.25) is 0 Å². The van der Waals surface area contributed by atoms with Crippen molar-refractivity contribution in [3.05, 3.63) is 35.9 Å². The molecule has 146 valence electrons. The Labute approximate surface area is 160 Å². The lowest BCUT2D eigenvalue weighted by molar-refractivity contribution is -0.00985. The molecule has 2 N–H and O–H groups in total. The maximum Gasteiger partial charge on any atom is 0.410 e. The monoisotopic (exact) mass is 378 g/mol. The second-order valence-corrected chi connectivity index (χ2v) is 11.7. The Morgan fingerprint density at radius 2 is 1.88 bits per heavy atom. The Bertz CT molecular complexity index is 586. The largest absolute Gasteiger partial charge is 0.445 e. The van der Waals surface area contributed by atoms with E-state index in [2.05, 4.69) is 34.6 Å². The predicted molar refractivity (Wildman–Crippen MR) is 108 cm³/mol. The fourth-order valence-electron chi connectivity index (χ4n) is 3.19. The van der Waals surface area contributed by atoms with E-state index in [1.807, 2.05) is 30.3 Å². The van der Waals surface area contributed by atoms with Gasteiger partial charge in [-0.1, -0.05) is 51.1 Å². The van der Waals surface area contributed by atoms with Crippen LogP contribution in [0.15, 0.2) is 30.3 Å². The zero-order valence-corrected chi connectivity index (χ0v) is 18.2. The molecule has 0 aromatic heterocycles. The molecule has 2 unspecified atom stereocenters. The summed E-state index contributed by atoms with van der Waals surface area (Å²) in [6, 6.07) is 9.78. The molecule has 6 heteroatoms. The van der Waals surface area contributed by atoms with Crippen molar-refractivity contribution in [1.82, 2.24) is 4.90 Å². The van der Waals surface area contributed by atoms with Gasteiger partial charge in [-0.15, -0.1) is 0 Å². The van der Waals surface area contributed by atoms with Crippen LogP contribution in [0.2, 0.25) is 5.04 Å². The molecule has 1 aromatic carbocycles. The van der Waals surface area contributed by atoms with Gasteiger partial charge in [-0.3, -0.25) is 0 Å². The topological polar surface area (TPSA) is 64.8 Å². The quantitative estimate of drug-likeness (QED) is 0.800. The van der Waals surface area contributed by atoms with E-state index in [0.717, 1.165) is 12.0 Å². The van der Waals surface area contributed by atoms with Crippen molar-refractivity contribution in [3.8, 4) is 0 Å². The number of piperidine rings is 1. The van der Waals surface area contributed by atoms with Crippen LogP contribution in [-0.2, 0) is 15.8 Å². The van der Waals surface area contributed by atoms with E-state index in [1.165, 1.54) is 0 Å². The molecule has 0 saturated carbocycles. The number of nitrogens with two attached hydrogens (primary N) is 1. The number of nitrogens with zero attached hydrogens (tertiary/aromatic N) is 1. The van der Waals surface area contributed by atoms with Crippen LogP contribution in [-0.4, -0.2) is 45.5 Å². The smallest absolute Gasteiger partial charge is 0.410 e. The van der Waals surface area contributed by atoms with Crippen molar-refractivity contribution >= 4 is 15.9 Å². The SMILES string of the molecule is CC(C)(C)[SiH2]OC(C)(C)C1CN(C(=O)OCc2ccccc2)CCC1N. The van der Waals surface area contributed by atoms with Gasteiger partial charge >= 0.3 is 6.09 Å². The minimum atomic E-state index is -0.693. The van der Waals surface area contributed by atoms with Crippen LogP contribution < -0.4 is 5.73 Å². The summed E-state index contributed by atoms with van der Waals surface area (Å²) in [7, 11) is -0.693.